The normalized spacial score (nSPS) is 11.1. The molecule has 2 heterocycles. The van der Waals surface area contributed by atoms with Gasteiger partial charge in [0.25, 0.3) is 5.56 Å². The molecule has 5 aromatic rings. The average molecular weight is 461 g/mol. The Hall–Kier alpha value is -3.58. The second-order valence-corrected chi connectivity index (χ2v) is 7.62. The van der Waals surface area contributed by atoms with E-state index < -0.39 is 0 Å². The molecule has 0 aliphatic rings. The number of aromatic nitrogens is 4. The van der Waals surface area contributed by atoms with Gasteiger partial charge in [-0.25, -0.2) is 14.1 Å². The molecule has 0 aliphatic heterocycles. The van der Waals surface area contributed by atoms with Crippen molar-refractivity contribution in [2.75, 3.05) is 0 Å². The van der Waals surface area contributed by atoms with E-state index in [4.69, 9.17) is 4.98 Å². The van der Waals surface area contributed by atoms with E-state index in [0.29, 0.717) is 22.5 Å². The quantitative estimate of drug-likeness (QED) is 0.374. The highest BCUT2D eigenvalue weighted by atomic mass is 79.9. The lowest BCUT2D eigenvalue weighted by Gasteiger charge is -2.12. The number of hydrogen-bond donors (Lipinski definition) is 0. The van der Waals surface area contributed by atoms with Crippen LogP contribution in [0.4, 0.5) is 4.39 Å². The van der Waals surface area contributed by atoms with Crippen LogP contribution in [0.15, 0.2) is 94.3 Å². The van der Waals surface area contributed by atoms with Gasteiger partial charge in [0.05, 0.1) is 11.4 Å². The molecule has 0 saturated heterocycles. The molecular formula is C23H14BrFN4O. The molecule has 2 aromatic heterocycles. The van der Waals surface area contributed by atoms with E-state index in [0.717, 1.165) is 15.7 Å². The Balaban J connectivity index is 1.81. The van der Waals surface area contributed by atoms with Crippen LogP contribution in [-0.2, 0) is 0 Å². The summed E-state index contributed by atoms with van der Waals surface area (Å²) in [5.74, 6) is 0.0628. The van der Waals surface area contributed by atoms with Gasteiger partial charge in [-0.05, 0) is 48.5 Å². The Morgan fingerprint density at radius 2 is 1.53 bits per heavy atom. The molecule has 0 fully saturated rings. The number of halogens is 2. The fraction of sp³-hybridized carbons (Fsp3) is 0. The van der Waals surface area contributed by atoms with Gasteiger partial charge in [-0.2, -0.15) is 0 Å². The zero-order valence-corrected chi connectivity index (χ0v) is 17.1. The number of benzene rings is 3. The summed E-state index contributed by atoms with van der Waals surface area (Å²) in [4.78, 5) is 18.2. The number of hydrogen-bond acceptors (Lipinski definition) is 3. The number of fused-ring (bicyclic) bond motifs is 1. The van der Waals surface area contributed by atoms with Crippen LogP contribution in [0, 0.1) is 5.82 Å². The van der Waals surface area contributed by atoms with E-state index in [1.807, 2.05) is 54.6 Å². The summed E-state index contributed by atoms with van der Waals surface area (Å²) in [6, 6.07) is 22.8. The molecule has 3 aromatic carbocycles. The van der Waals surface area contributed by atoms with Crippen LogP contribution in [0.3, 0.4) is 0 Å². The average Bonchev–Trinajstić information content (AvgIpc) is 3.21. The van der Waals surface area contributed by atoms with Crippen molar-refractivity contribution >= 4 is 27.0 Å². The largest absolute Gasteiger partial charge is 0.269 e. The summed E-state index contributed by atoms with van der Waals surface area (Å²) in [5.41, 5.74) is 2.18. The summed E-state index contributed by atoms with van der Waals surface area (Å²) >= 11 is 3.43. The van der Waals surface area contributed by atoms with Crippen molar-refractivity contribution in [2.24, 2.45) is 0 Å². The molecule has 0 N–H and O–H groups in total. The van der Waals surface area contributed by atoms with Crippen LogP contribution >= 0.6 is 15.9 Å². The number of rotatable bonds is 3. The Bertz CT molecular complexity index is 1410. The summed E-state index contributed by atoms with van der Waals surface area (Å²) in [7, 11) is 0. The van der Waals surface area contributed by atoms with Crippen molar-refractivity contribution in [1.29, 1.82) is 0 Å². The molecular weight excluding hydrogens is 447 g/mol. The molecule has 0 aliphatic carbocycles. The first-order chi connectivity index (χ1) is 14.6. The fourth-order valence-electron chi connectivity index (χ4n) is 3.30. The third kappa shape index (κ3) is 3.23. The SMILES string of the molecule is O=c1c2cn(-c3ccccc3)nc2nc(-c2ccc(Br)cc2)n1-c1ccc(F)cc1. The maximum Gasteiger partial charge on any atom is 0.269 e. The third-order valence-corrected chi connectivity index (χ3v) is 5.29. The molecule has 0 spiro atoms. The van der Waals surface area contributed by atoms with E-state index in [-0.39, 0.29) is 11.4 Å². The van der Waals surface area contributed by atoms with Gasteiger partial charge in [-0.1, -0.05) is 46.3 Å². The second kappa shape index (κ2) is 7.35. The van der Waals surface area contributed by atoms with Crippen molar-refractivity contribution in [3.63, 3.8) is 0 Å². The summed E-state index contributed by atoms with van der Waals surface area (Å²) in [6.07, 6.45) is 1.67. The fourth-order valence-corrected chi connectivity index (χ4v) is 3.56. The molecule has 5 rings (SSSR count). The lowest BCUT2D eigenvalue weighted by molar-refractivity contribution is 0.627. The van der Waals surface area contributed by atoms with Crippen LogP contribution in [0.2, 0.25) is 0 Å². The minimum Gasteiger partial charge on any atom is -0.268 e. The third-order valence-electron chi connectivity index (χ3n) is 4.76. The van der Waals surface area contributed by atoms with Crippen molar-refractivity contribution in [3.8, 4) is 22.8 Å². The Labute approximate surface area is 179 Å². The monoisotopic (exact) mass is 460 g/mol. The van der Waals surface area contributed by atoms with E-state index in [1.165, 1.54) is 16.7 Å². The van der Waals surface area contributed by atoms with Crippen LogP contribution in [0.25, 0.3) is 33.8 Å². The molecule has 0 atom stereocenters. The molecule has 0 amide bonds. The van der Waals surface area contributed by atoms with Crippen LogP contribution in [0.5, 0.6) is 0 Å². The number of para-hydroxylation sites is 1. The second-order valence-electron chi connectivity index (χ2n) is 6.71. The molecule has 0 bridgehead atoms. The summed E-state index contributed by atoms with van der Waals surface area (Å²) < 4.78 is 17.5. The van der Waals surface area contributed by atoms with Gasteiger partial charge >= 0.3 is 0 Å². The van der Waals surface area contributed by atoms with Gasteiger partial charge in [-0.3, -0.25) is 9.36 Å². The summed E-state index contributed by atoms with van der Waals surface area (Å²) in [5, 5.41) is 4.90. The van der Waals surface area contributed by atoms with Crippen molar-refractivity contribution in [1.82, 2.24) is 19.3 Å². The Kier molecular flexibility index (Phi) is 4.52. The van der Waals surface area contributed by atoms with Crippen LogP contribution in [-0.4, -0.2) is 19.3 Å². The Morgan fingerprint density at radius 1 is 0.833 bits per heavy atom. The molecule has 0 unspecified atom stereocenters. The minimum absolute atomic E-state index is 0.272. The van der Waals surface area contributed by atoms with Crippen LogP contribution in [0.1, 0.15) is 0 Å². The van der Waals surface area contributed by atoms with Gasteiger partial charge < -0.3 is 0 Å². The van der Waals surface area contributed by atoms with Gasteiger partial charge in [-0.15, -0.1) is 5.10 Å². The highest BCUT2D eigenvalue weighted by Gasteiger charge is 2.17. The smallest absolute Gasteiger partial charge is 0.268 e. The van der Waals surface area contributed by atoms with E-state index >= 15 is 0 Å². The minimum atomic E-state index is -0.372. The zero-order valence-electron chi connectivity index (χ0n) is 15.5. The van der Waals surface area contributed by atoms with E-state index in [1.54, 1.807) is 23.0 Å². The molecule has 30 heavy (non-hydrogen) atoms. The van der Waals surface area contributed by atoms with Gasteiger partial charge in [0, 0.05) is 16.2 Å². The first-order valence-electron chi connectivity index (χ1n) is 9.20. The van der Waals surface area contributed by atoms with Crippen LogP contribution < -0.4 is 5.56 Å². The topological polar surface area (TPSA) is 52.7 Å². The molecule has 5 nitrogen and oxygen atoms in total. The molecule has 7 heteroatoms. The highest BCUT2D eigenvalue weighted by molar-refractivity contribution is 9.10. The van der Waals surface area contributed by atoms with Crippen molar-refractivity contribution in [2.45, 2.75) is 0 Å². The zero-order chi connectivity index (χ0) is 20.7. The lowest BCUT2D eigenvalue weighted by Crippen LogP contribution is -2.21. The molecule has 0 radical (unpaired) electrons. The van der Waals surface area contributed by atoms with Gasteiger partial charge in [0.1, 0.15) is 17.0 Å². The highest BCUT2D eigenvalue weighted by Crippen LogP contribution is 2.24. The lowest BCUT2D eigenvalue weighted by atomic mass is 10.2. The first kappa shape index (κ1) is 18.4. The number of nitrogens with zero attached hydrogens (tertiary/aromatic N) is 4. The summed E-state index contributed by atoms with van der Waals surface area (Å²) in [6.45, 7) is 0. The maximum atomic E-state index is 13.5. The molecule has 0 saturated carbocycles. The predicted octanol–water partition coefficient (Wildman–Crippen LogP) is 5.14. The Morgan fingerprint density at radius 3 is 2.23 bits per heavy atom. The van der Waals surface area contributed by atoms with E-state index in [2.05, 4.69) is 21.0 Å². The van der Waals surface area contributed by atoms with Gasteiger partial charge in [0.15, 0.2) is 5.65 Å². The van der Waals surface area contributed by atoms with E-state index in [9.17, 15) is 9.18 Å². The van der Waals surface area contributed by atoms with Crippen molar-refractivity contribution < 1.29 is 4.39 Å². The van der Waals surface area contributed by atoms with Gasteiger partial charge in [0.2, 0.25) is 0 Å². The van der Waals surface area contributed by atoms with Crippen molar-refractivity contribution in [3.05, 3.63) is 106 Å². The predicted molar refractivity (Wildman–Crippen MR) is 118 cm³/mol. The first-order valence-corrected chi connectivity index (χ1v) is 9.99. The standard InChI is InChI=1S/C23H14BrFN4O/c24-16-8-6-15(7-9-16)22-26-21-20(14-28(27-21)18-4-2-1-3-5-18)23(30)29(22)19-12-10-17(25)11-13-19/h1-14H. The molecule has 146 valence electrons. The maximum absolute atomic E-state index is 13.5.